The van der Waals surface area contributed by atoms with Crippen molar-refractivity contribution in [3.05, 3.63) is 28.7 Å². The predicted molar refractivity (Wildman–Crippen MR) is 53.9 cm³/mol. The molecule has 0 aliphatic carbocycles. The van der Waals surface area contributed by atoms with Gasteiger partial charge in [0.1, 0.15) is 5.75 Å². The molecular formula is C10H11ClO3. The summed E-state index contributed by atoms with van der Waals surface area (Å²) >= 11 is 5.69. The molecule has 3 nitrogen and oxygen atoms in total. The molecule has 1 atom stereocenters. The summed E-state index contributed by atoms with van der Waals surface area (Å²) in [7, 11) is 0. The molecule has 0 fully saturated rings. The molecule has 0 aliphatic rings. The molecule has 0 aromatic heterocycles. The van der Waals surface area contributed by atoms with Crippen molar-refractivity contribution in [3.8, 4) is 5.75 Å². The van der Waals surface area contributed by atoms with Crippen molar-refractivity contribution in [2.75, 3.05) is 0 Å². The number of carboxylic acids is 1. The van der Waals surface area contributed by atoms with Crippen LogP contribution in [0.3, 0.4) is 0 Å². The van der Waals surface area contributed by atoms with Crippen molar-refractivity contribution in [1.29, 1.82) is 0 Å². The maximum absolute atomic E-state index is 10.7. The topological polar surface area (TPSA) is 46.5 Å². The second kappa shape index (κ2) is 4.33. The Morgan fingerprint density at radius 2 is 2.36 bits per heavy atom. The van der Waals surface area contributed by atoms with E-state index in [9.17, 15) is 4.79 Å². The summed E-state index contributed by atoms with van der Waals surface area (Å²) in [6, 6.07) is -0.772. The molecule has 1 aromatic carbocycles. The number of aliphatic carboxylic acids is 1. The zero-order valence-electron chi connectivity index (χ0n) is 10.7. The zero-order valence-corrected chi connectivity index (χ0v) is 8.47. The van der Waals surface area contributed by atoms with E-state index in [2.05, 4.69) is 0 Å². The van der Waals surface area contributed by atoms with Crippen LogP contribution in [0.1, 0.15) is 16.6 Å². The number of hydrogen-bond acceptors (Lipinski definition) is 2. The smallest absolute Gasteiger partial charge is 0.344 e. The van der Waals surface area contributed by atoms with Gasteiger partial charge in [-0.1, -0.05) is 11.6 Å². The number of carboxylic acid groups (broad SMARTS) is 1. The van der Waals surface area contributed by atoms with E-state index in [4.69, 9.17) is 25.6 Å². The van der Waals surface area contributed by atoms with Crippen molar-refractivity contribution in [1.82, 2.24) is 0 Å². The van der Waals surface area contributed by atoms with Gasteiger partial charge in [-0.25, -0.2) is 4.79 Å². The van der Waals surface area contributed by atoms with Gasteiger partial charge in [-0.05, 0) is 37.5 Å². The highest BCUT2D eigenvalue weighted by molar-refractivity contribution is 6.30. The lowest BCUT2D eigenvalue weighted by atomic mass is 10.2. The zero-order chi connectivity index (χ0) is 13.3. The van der Waals surface area contributed by atoms with Crippen LogP contribution in [-0.4, -0.2) is 17.2 Å². The minimum atomic E-state index is -1.18. The van der Waals surface area contributed by atoms with Gasteiger partial charge in [0.2, 0.25) is 0 Å². The van der Waals surface area contributed by atoms with Crippen molar-refractivity contribution in [2.24, 2.45) is 0 Å². The van der Waals surface area contributed by atoms with Crippen LogP contribution >= 0.6 is 11.6 Å². The van der Waals surface area contributed by atoms with Gasteiger partial charge in [0, 0.05) is 5.02 Å². The Labute approximate surface area is 91.5 Å². The standard InChI is InChI=1S/C10H11ClO3/c1-6-5-8(11)3-4-9(6)14-7(2)10(12)13/h3-5,7H,1-2H3,(H,12,13)/i3D,4D,5D. The molecule has 1 aromatic rings. The van der Waals surface area contributed by atoms with Gasteiger partial charge in [0.25, 0.3) is 0 Å². The normalized spacial score (nSPS) is 15.2. The van der Waals surface area contributed by atoms with E-state index in [-0.39, 0.29) is 34.5 Å². The number of ether oxygens (including phenoxy) is 1. The first-order valence-corrected chi connectivity index (χ1v) is 4.30. The fourth-order valence-electron chi connectivity index (χ4n) is 0.803. The molecule has 1 unspecified atom stereocenters. The summed E-state index contributed by atoms with van der Waals surface area (Å²) in [5.74, 6) is -1.27. The summed E-state index contributed by atoms with van der Waals surface area (Å²) in [5, 5.41) is 8.58. The second-order valence-electron chi connectivity index (χ2n) is 2.74. The fourth-order valence-corrected chi connectivity index (χ4v) is 0.992. The van der Waals surface area contributed by atoms with Crippen molar-refractivity contribution >= 4 is 17.6 Å². The quantitative estimate of drug-likeness (QED) is 0.846. The number of halogens is 1. The molecule has 1 N–H and O–H groups in total. The third-order valence-corrected chi connectivity index (χ3v) is 1.75. The van der Waals surface area contributed by atoms with Crippen molar-refractivity contribution in [3.63, 3.8) is 0 Å². The van der Waals surface area contributed by atoms with Gasteiger partial charge in [-0.15, -0.1) is 0 Å². The van der Waals surface area contributed by atoms with E-state index in [1.54, 1.807) is 0 Å². The lowest BCUT2D eigenvalue weighted by Gasteiger charge is -2.12. The van der Waals surface area contributed by atoms with E-state index in [1.807, 2.05) is 0 Å². The lowest BCUT2D eigenvalue weighted by molar-refractivity contribution is -0.144. The van der Waals surface area contributed by atoms with E-state index < -0.39 is 12.1 Å². The van der Waals surface area contributed by atoms with Gasteiger partial charge < -0.3 is 9.84 Å². The van der Waals surface area contributed by atoms with Crippen LogP contribution in [0.5, 0.6) is 5.75 Å². The van der Waals surface area contributed by atoms with E-state index in [1.165, 1.54) is 13.8 Å². The Kier molecular flexibility index (Phi) is 2.20. The molecule has 0 radical (unpaired) electrons. The summed E-state index contributed by atoms with van der Waals surface area (Å²) in [5.41, 5.74) is 0.254. The second-order valence-corrected chi connectivity index (χ2v) is 3.12. The minimum Gasteiger partial charge on any atom is -0.479 e. The molecule has 0 saturated carbocycles. The molecule has 0 heterocycles. The molecule has 76 valence electrons. The molecule has 4 heteroatoms. The summed E-state index contributed by atoms with van der Waals surface area (Å²) in [6.07, 6.45) is -1.15. The lowest BCUT2D eigenvalue weighted by Crippen LogP contribution is -2.23. The molecule has 0 spiro atoms. The van der Waals surface area contributed by atoms with E-state index >= 15 is 0 Å². The van der Waals surface area contributed by atoms with Crippen LogP contribution in [0.4, 0.5) is 0 Å². The average molecular weight is 218 g/mol. The molecule has 0 saturated heterocycles. The Balaban J connectivity index is 3.30. The highest BCUT2D eigenvalue weighted by Crippen LogP contribution is 2.22. The van der Waals surface area contributed by atoms with Gasteiger partial charge in [-0.3, -0.25) is 0 Å². The van der Waals surface area contributed by atoms with Crippen LogP contribution in [0.15, 0.2) is 18.1 Å². The first-order valence-electron chi connectivity index (χ1n) is 5.42. The van der Waals surface area contributed by atoms with Gasteiger partial charge in [-0.2, -0.15) is 0 Å². The highest BCUT2D eigenvalue weighted by atomic mass is 35.5. The average Bonchev–Trinajstić information content (AvgIpc) is 2.29. The van der Waals surface area contributed by atoms with Crippen LogP contribution in [0.25, 0.3) is 0 Å². The van der Waals surface area contributed by atoms with E-state index in [0.717, 1.165) is 0 Å². The number of carbonyl (C=O) groups is 1. The molecule has 0 aliphatic heterocycles. The molecule has 0 amide bonds. The van der Waals surface area contributed by atoms with Crippen LogP contribution < -0.4 is 4.74 Å². The highest BCUT2D eigenvalue weighted by Gasteiger charge is 2.13. The Morgan fingerprint density at radius 1 is 1.71 bits per heavy atom. The van der Waals surface area contributed by atoms with E-state index in [0.29, 0.717) is 0 Å². The maximum atomic E-state index is 10.7. The first-order chi connectivity index (χ1) is 7.77. The molecule has 1 rings (SSSR count). The number of hydrogen-bond donors (Lipinski definition) is 1. The Morgan fingerprint density at radius 3 is 2.93 bits per heavy atom. The maximum Gasteiger partial charge on any atom is 0.344 e. The fraction of sp³-hybridized carbons (Fsp3) is 0.300. The number of rotatable bonds is 3. The van der Waals surface area contributed by atoms with Crippen molar-refractivity contribution in [2.45, 2.75) is 20.0 Å². The SMILES string of the molecule is [2H]c1c([2H])c(OC(C)C(=O)O)c(C)c([2H])c1Cl. The third kappa shape index (κ3) is 2.64. The van der Waals surface area contributed by atoms with Crippen LogP contribution in [0, 0.1) is 6.92 Å². The molecule has 14 heavy (non-hydrogen) atoms. The monoisotopic (exact) mass is 217 g/mol. The molecule has 0 bridgehead atoms. The Hall–Kier alpha value is -1.22. The third-order valence-electron chi connectivity index (χ3n) is 1.57. The van der Waals surface area contributed by atoms with Crippen molar-refractivity contribution < 1.29 is 18.8 Å². The predicted octanol–water partition coefficient (Wildman–Crippen LogP) is 2.50. The van der Waals surface area contributed by atoms with Gasteiger partial charge >= 0.3 is 5.97 Å². The number of benzene rings is 1. The summed E-state index contributed by atoms with van der Waals surface area (Å²) in [6.45, 7) is 2.80. The summed E-state index contributed by atoms with van der Waals surface area (Å²) in [4.78, 5) is 10.7. The minimum absolute atomic E-state index is 0.0840. The summed E-state index contributed by atoms with van der Waals surface area (Å²) < 4.78 is 27.8. The van der Waals surface area contributed by atoms with Gasteiger partial charge in [0.15, 0.2) is 6.10 Å². The van der Waals surface area contributed by atoms with Crippen LogP contribution in [0.2, 0.25) is 5.02 Å². The van der Waals surface area contributed by atoms with Gasteiger partial charge in [0.05, 0.1) is 4.11 Å². The molecular weight excluding hydrogens is 204 g/mol. The largest absolute Gasteiger partial charge is 0.479 e. The van der Waals surface area contributed by atoms with Crippen LogP contribution in [-0.2, 0) is 4.79 Å². The Bertz CT molecular complexity index is 447. The first kappa shape index (κ1) is 7.12.